The summed E-state index contributed by atoms with van der Waals surface area (Å²) in [7, 11) is -3.52. The summed E-state index contributed by atoms with van der Waals surface area (Å²) in [6, 6.07) is 1.32. The van der Waals surface area contributed by atoms with Crippen LogP contribution in [0.15, 0.2) is 17.2 Å². The Kier molecular flexibility index (Phi) is 5.19. The van der Waals surface area contributed by atoms with E-state index in [2.05, 4.69) is 4.98 Å². The molecule has 7 heteroatoms. The molecule has 0 aliphatic heterocycles. The van der Waals surface area contributed by atoms with Crippen molar-refractivity contribution in [1.82, 2.24) is 9.29 Å². The van der Waals surface area contributed by atoms with Gasteiger partial charge in [0.15, 0.2) is 0 Å². The Morgan fingerprint density at radius 1 is 1.35 bits per heavy atom. The van der Waals surface area contributed by atoms with Gasteiger partial charge in [-0.2, -0.15) is 4.31 Å². The predicted molar refractivity (Wildman–Crippen MR) is 69.0 cm³/mol. The molecule has 0 bridgehead atoms. The lowest BCUT2D eigenvalue weighted by Gasteiger charge is -2.19. The molecule has 0 N–H and O–H groups in total. The molecule has 4 nitrogen and oxygen atoms in total. The first-order valence-electron chi connectivity index (χ1n) is 5.24. The maximum atomic E-state index is 12.2. The van der Waals surface area contributed by atoms with Gasteiger partial charge in [-0.3, -0.25) is 0 Å². The first kappa shape index (κ1) is 14.7. The third kappa shape index (κ3) is 3.31. The maximum Gasteiger partial charge on any atom is 0.244 e. The lowest BCUT2D eigenvalue weighted by Crippen LogP contribution is -2.31. The van der Waals surface area contributed by atoms with Crippen molar-refractivity contribution in [3.8, 4) is 0 Å². The van der Waals surface area contributed by atoms with E-state index in [1.807, 2.05) is 6.92 Å². The van der Waals surface area contributed by atoms with Gasteiger partial charge in [0.25, 0.3) is 0 Å². The average molecular weight is 297 g/mol. The highest BCUT2D eigenvalue weighted by atomic mass is 35.5. The summed E-state index contributed by atoms with van der Waals surface area (Å²) < 4.78 is 25.8. The predicted octanol–water partition coefficient (Wildman–Crippen LogP) is 2.81. The molecule has 0 aliphatic rings. The third-order valence-corrected chi connectivity index (χ3v) is 4.86. The van der Waals surface area contributed by atoms with Crippen LogP contribution in [0.5, 0.6) is 0 Å². The Morgan fingerprint density at radius 3 is 2.47 bits per heavy atom. The molecule has 1 rings (SSSR count). The normalized spacial score (nSPS) is 12.1. The molecule has 0 spiro atoms. The van der Waals surface area contributed by atoms with Crippen molar-refractivity contribution >= 4 is 33.2 Å². The molecule has 0 atom stereocenters. The van der Waals surface area contributed by atoms with E-state index in [1.54, 1.807) is 6.92 Å². The fourth-order valence-corrected chi connectivity index (χ4v) is 3.24. The van der Waals surface area contributed by atoms with Crippen molar-refractivity contribution in [2.75, 3.05) is 13.1 Å². The van der Waals surface area contributed by atoms with Crippen molar-refractivity contribution in [3.63, 3.8) is 0 Å². The summed E-state index contributed by atoms with van der Waals surface area (Å²) >= 11 is 11.4. The van der Waals surface area contributed by atoms with Crippen LogP contribution in [0.4, 0.5) is 0 Å². The van der Waals surface area contributed by atoms with Crippen LogP contribution >= 0.6 is 23.2 Å². The molecular weight excluding hydrogens is 283 g/mol. The molecular formula is C10H14Cl2N2O2S. The number of pyridine rings is 1. The number of halogens is 2. The first-order chi connectivity index (χ1) is 7.93. The van der Waals surface area contributed by atoms with Crippen LogP contribution in [0, 0.1) is 0 Å². The van der Waals surface area contributed by atoms with Gasteiger partial charge in [-0.1, -0.05) is 37.0 Å². The number of rotatable bonds is 5. The van der Waals surface area contributed by atoms with Gasteiger partial charge in [0.1, 0.15) is 10.0 Å². The maximum absolute atomic E-state index is 12.2. The van der Waals surface area contributed by atoms with E-state index < -0.39 is 10.0 Å². The Balaban J connectivity index is 3.15. The van der Waals surface area contributed by atoms with Crippen LogP contribution in [0.25, 0.3) is 0 Å². The van der Waals surface area contributed by atoms with E-state index in [1.165, 1.54) is 16.6 Å². The van der Waals surface area contributed by atoms with E-state index in [9.17, 15) is 8.42 Å². The van der Waals surface area contributed by atoms with E-state index in [-0.39, 0.29) is 15.1 Å². The molecule has 1 aromatic heterocycles. The van der Waals surface area contributed by atoms with Gasteiger partial charge in [-0.25, -0.2) is 13.4 Å². The summed E-state index contributed by atoms with van der Waals surface area (Å²) in [5.41, 5.74) is 0. The zero-order valence-electron chi connectivity index (χ0n) is 9.65. The van der Waals surface area contributed by atoms with Crippen molar-refractivity contribution in [2.45, 2.75) is 25.2 Å². The summed E-state index contributed by atoms with van der Waals surface area (Å²) in [6.45, 7) is 4.60. The van der Waals surface area contributed by atoms with E-state index in [0.717, 1.165) is 6.42 Å². The molecule has 0 aromatic carbocycles. The smallest absolute Gasteiger partial charge is 0.242 e. The number of nitrogens with zero attached hydrogens (tertiary/aromatic N) is 2. The van der Waals surface area contributed by atoms with Gasteiger partial charge in [0.2, 0.25) is 10.0 Å². The van der Waals surface area contributed by atoms with Crippen molar-refractivity contribution in [3.05, 3.63) is 22.4 Å². The summed E-state index contributed by atoms with van der Waals surface area (Å²) in [5, 5.41) is 0.240. The fraction of sp³-hybridized carbons (Fsp3) is 0.500. The van der Waals surface area contributed by atoms with E-state index >= 15 is 0 Å². The van der Waals surface area contributed by atoms with Gasteiger partial charge >= 0.3 is 0 Å². The van der Waals surface area contributed by atoms with Crippen LogP contribution in [0.3, 0.4) is 0 Å². The summed E-state index contributed by atoms with van der Waals surface area (Å²) in [4.78, 5) is 3.82. The summed E-state index contributed by atoms with van der Waals surface area (Å²) in [6.07, 6.45) is 1.98. The lowest BCUT2D eigenvalue weighted by atomic mass is 10.5. The Labute approximate surface area is 112 Å². The van der Waals surface area contributed by atoms with E-state index in [4.69, 9.17) is 23.2 Å². The van der Waals surface area contributed by atoms with Crippen molar-refractivity contribution < 1.29 is 8.42 Å². The Hall–Kier alpha value is -0.360. The number of aromatic nitrogens is 1. The monoisotopic (exact) mass is 296 g/mol. The highest BCUT2D eigenvalue weighted by Gasteiger charge is 2.23. The zero-order chi connectivity index (χ0) is 13.1. The van der Waals surface area contributed by atoms with Gasteiger partial charge in [0.05, 0.1) is 5.02 Å². The molecule has 17 heavy (non-hydrogen) atoms. The molecule has 0 saturated heterocycles. The largest absolute Gasteiger partial charge is 0.244 e. The van der Waals surface area contributed by atoms with Gasteiger partial charge in [-0.05, 0) is 12.5 Å². The second-order valence-electron chi connectivity index (χ2n) is 3.44. The van der Waals surface area contributed by atoms with Crippen molar-refractivity contribution in [2.24, 2.45) is 0 Å². The quantitative estimate of drug-likeness (QED) is 0.785. The summed E-state index contributed by atoms with van der Waals surface area (Å²) in [5.74, 6) is 0. The molecule has 1 aromatic rings. The molecule has 96 valence electrons. The standard InChI is InChI=1S/C10H14Cl2N2O2S/c1-3-5-14(4-2)17(15,16)8-6-9(11)10(12)13-7-8/h6-7H,3-5H2,1-2H3. The molecule has 0 unspecified atom stereocenters. The van der Waals surface area contributed by atoms with Gasteiger partial charge in [-0.15, -0.1) is 0 Å². The second kappa shape index (κ2) is 6.00. The molecule has 0 radical (unpaired) electrons. The fourth-order valence-electron chi connectivity index (χ4n) is 1.39. The third-order valence-electron chi connectivity index (χ3n) is 2.23. The minimum atomic E-state index is -3.52. The minimum absolute atomic E-state index is 0.0715. The molecule has 1 heterocycles. The van der Waals surface area contributed by atoms with Crippen LogP contribution < -0.4 is 0 Å². The lowest BCUT2D eigenvalue weighted by molar-refractivity contribution is 0.427. The van der Waals surface area contributed by atoms with Crippen LogP contribution in [0.1, 0.15) is 20.3 Å². The van der Waals surface area contributed by atoms with Crippen LogP contribution in [-0.2, 0) is 10.0 Å². The first-order valence-corrected chi connectivity index (χ1v) is 7.44. The second-order valence-corrected chi connectivity index (χ2v) is 6.14. The molecule has 0 saturated carbocycles. The Bertz CT molecular complexity index is 491. The zero-order valence-corrected chi connectivity index (χ0v) is 12.0. The SMILES string of the molecule is CCCN(CC)S(=O)(=O)c1cnc(Cl)c(Cl)c1. The molecule has 0 fully saturated rings. The Morgan fingerprint density at radius 2 is 2.00 bits per heavy atom. The van der Waals surface area contributed by atoms with Crippen LogP contribution in [-0.4, -0.2) is 30.8 Å². The number of hydrogen-bond acceptors (Lipinski definition) is 3. The molecule has 0 aliphatic carbocycles. The highest BCUT2D eigenvalue weighted by Crippen LogP contribution is 2.24. The van der Waals surface area contributed by atoms with Gasteiger partial charge < -0.3 is 0 Å². The van der Waals surface area contributed by atoms with Crippen LogP contribution in [0.2, 0.25) is 10.2 Å². The number of hydrogen-bond donors (Lipinski definition) is 0. The van der Waals surface area contributed by atoms with Crippen molar-refractivity contribution in [1.29, 1.82) is 0 Å². The minimum Gasteiger partial charge on any atom is -0.242 e. The van der Waals surface area contributed by atoms with Gasteiger partial charge in [0, 0.05) is 19.3 Å². The van der Waals surface area contributed by atoms with E-state index in [0.29, 0.717) is 13.1 Å². The topological polar surface area (TPSA) is 50.3 Å². The highest BCUT2D eigenvalue weighted by molar-refractivity contribution is 7.89. The molecule has 0 amide bonds. The number of sulfonamides is 1. The average Bonchev–Trinajstić information content (AvgIpc) is 2.29.